The van der Waals surface area contributed by atoms with Crippen LogP contribution in [-0.2, 0) is 0 Å². The average molecular weight is 568 g/mol. The van der Waals surface area contributed by atoms with Crippen LogP contribution in [0.5, 0.6) is 5.75 Å². The Morgan fingerprint density at radius 3 is 1.43 bits per heavy atom. The molecule has 0 amide bonds. The van der Waals surface area contributed by atoms with E-state index >= 15 is 0 Å². The first-order valence-corrected chi connectivity index (χ1v) is 15.6. The van der Waals surface area contributed by atoms with E-state index in [1.54, 1.807) is 7.11 Å². The van der Waals surface area contributed by atoms with Crippen LogP contribution in [0.1, 0.15) is 58.1 Å². The minimum Gasteiger partial charge on any atom is -0.497 e. The zero-order valence-corrected chi connectivity index (χ0v) is 24.9. The number of rotatable bonds is 5. The molecule has 4 atom stereocenters. The smallest absolute Gasteiger partial charge is 0.119 e. The van der Waals surface area contributed by atoms with E-state index in [9.17, 15) is 0 Å². The molecule has 44 heavy (non-hydrogen) atoms. The molecule has 0 N–H and O–H groups in total. The standard InChI is InChI=1S/C42H33NO/c1-42-39-33-12-6-7-13-34(33)40(42)37-25-22-31(26-38(37)41(42)36-15-9-8-14-35(36)39)43(30-20-23-32(44-2)24-21-30)29-18-16-28(17-19-29)27-10-4-3-5-11-27/h3-26,39-41H,1-2H3. The third-order valence-electron chi connectivity index (χ3n) is 10.6. The van der Waals surface area contributed by atoms with Gasteiger partial charge in [0.1, 0.15) is 5.75 Å². The molecule has 2 nitrogen and oxygen atoms in total. The van der Waals surface area contributed by atoms with Gasteiger partial charge in [-0.05, 0) is 93.0 Å². The van der Waals surface area contributed by atoms with Crippen LogP contribution in [0.2, 0.25) is 0 Å². The second kappa shape index (κ2) is 9.46. The predicted octanol–water partition coefficient (Wildman–Crippen LogP) is 10.6. The molecular weight excluding hydrogens is 534 g/mol. The molecule has 0 spiro atoms. The third-order valence-corrected chi connectivity index (χ3v) is 10.6. The zero-order valence-electron chi connectivity index (χ0n) is 24.9. The summed E-state index contributed by atoms with van der Waals surface area (Å²) >= 11 is 0. The van der Waals surface area contributed by atoms with Crippen LogP contribution in [0, 0.1) is 5.41 Å². The summed E-state index contributed by atoms with van der Waals surface area (Å²) < 4.78 is 5.52. The van der Waals surface area contributed by atoms with Gasteiger partial charge < -0.3 is 9.64 Å². The Morgan fingerprint density at radius 1 is 0.455 bits per heavy atom. The van der Waals surface area contributed by atoms with Crippen molar-refractivity contribution < 1.29 is 4.74 Å². The summed E-state index contributed by atoms with van der Waals surface area (Å²) in [6.07, 6.45) is 0. The number of fused-ring (bicyclic) bond motifs is 9. The van der Waals surface area contributed by atoms with Crippen molar-refractivity contribution in [2.75, 3.05) is 12.0 Å². The largest absolute Gasteiger partial charge is 0.497 e. The molecule has 0 fully saturated rings. The van der Waals surface area contributed by atoms with Crippen molar-refractivity contribution in [3.8, 4) is 16.9 Å². The van der Waals surface area contributed by atoms with Gasteiger partial charge in [-0.25, -0.2) is 0 Å². The Bertz CT molecular complexity index is 2020. The summed E-state index contributed by atoms with van der Waals surface area (Å²) in [7, 11) is 1.72. The van der Waals surface area contributed by atoms with E-state index in [0.29, 0.717) is 17.8 Å². The summed E-state index contributed by atoms with van der Waals surface area (Å²) in [6, 6.07) is 53.6. The lowest BCUT2D eigenvalue weighted by molar-refractivity contribution is 0.288. The van der Waals surface area contributed by atoms with Gasteiger partial charge in [0.25, 0.3) is 0 Å². The maximum atomic E-state index is 5.52. The third kappa shape index (κ3) is 3.43. The summed E-state index contributed by atoms with van der Waals surface area (Å²) in [5.41, 5.74) is 14.9. The molecule has 9 rings (SSSR count). The molecule has 0 aliphatic heterocycles. The molecule has 3 aliphatic rings. The molecule has 0 radical (unpaired) electrons. The van der Waals surface area contributed by atoms with E-state index in [-0.39, 0.29) is 5.41 Å². The Morgan fingerprint density at radius 2 is 0.886 bits per heavy atom. The maximum Gasteiger partial charge on any atom is 0.119 e. The number of anilines is 3. The van der Waals surface area contributed by atoms with Crippen LogP contribution in [0.3, 0.4) is 0 Å². The molecule has 0 saturated heterocycles. The van der Waals surface area contributed by atoms with E-state index in [4.69, 9.17) is 4.74 Å². The summed E-state index contributed by atoms with van der Waals surface area (Å²) in [5.74, 6) is 2.03. The van der Waals surface area contributed by atoms with Crippen molar-refractivity contribution in [1.82, 2.24) is 0 Å². The fourth-order valence-electron chi connectivity index (χ4n) is 8.91. The molecule has 212 valence electrons. The minimum absolute atomic E-state index is 0.0939. The van der Waals surface area contributed by atoms with E-state index in [1.165, 1.54) is 50.2 Å². The van der Waals surface area contributed by atoms with Gasteiger partial charge in [-0.15, -0.1) is 0 Å². The van der Waals surface area contributed by atoms with Gasteiger partial charge in [0.15, 0.2) is 0 Å². The highest BCUT2D eigenvalue weighted by Gasteiger charge is 2.64. The van der Waals surface area contributed by atoms with Gasteiger partial charge in [-0.2, -0.15) is 0 Å². The van der Waals surface area contributed by atoms with Gasteiger partial charge in [0.2, 0.25) is 0 Å². The lowest BCUT2D eigenvalue weighted by Gasteiger charge is -2.31. The Labute approximate surface area is 259 Å². The van der Waals surface area contributed by atoms with Crippen molar-refractivity contribution in [3.63, 3.8) is 0 Å². The van der Waals surface area contributed by atoms with Crippen LogP contribution in [0.4, 0.5) is 17.1 Å². The van der Waals surface area contributed by atoms with Crippen molar-refractivity contribution in [3.05, 3.63) is 179 Å². The van der Waals surface area contributed by atoms with Crippen LogP contribution >= 0.6 is 0 Å². The number of nitrogens with zero attached hydrogens (tertiary/aromatic N) is 1. The van der Waals surface area contributed by atoms with Gasteiger partial charge in [-0.1, -0.05) is 104 Å². The molecule has 4 unspecified atom stereocenters. The fraction of sp³-hybridized carbons (Fsp3) is 0.143. The molecule has 2 heteroatoms. The van der Waals surface area contributed by atoms with Crippen LogP contribution in [-0.4, -0.2) is 7.11 Å². The van der Waals surface area contributed by atoms with E-state index in [0.717, 1.165) is 17.1 Å². The molecule has 0 aromatic heterocycles. The molecule has 0 saturated carbocycles. The lowest BCUT2D eigenvalue weighted by atomic mass is 9.70. The van der Waals surface area contributed by atoms with Gasteiger partial charge in [0, 0.05) is 40.2 Å². The predicted molar refractivity (Wildman–Crippen MR) is 180 cm³/mol. The summed E-state index contributed by atoms with van der Waals surface area (Å²) in [6.45, 7) is 2.55. The van der Waals surface area contributed by atoms with E-state index in [2.05, 4.69) is 145 Å². The first-order chi connectivity index (χ1) is 21.7. The van der Waals surface area contributed by atoms with Gasteiger partial charge >= 0.3 is 0 Å². The Kier molecular flexibility index (Phi) is 5.47. The Hall–Kier alpha value is -5.08. The zero-order chi connectivity index (χ0) is 29.4. The van der Waals surface area contributed by atoms with Crippen molar-refractivity contribution in [1.29, 1.82) is 0 Å². The first kappa shape index (κ1) is 25.4. The van der Waals surface area contributed by atoms with Crippen LogP contribution in [0.15, 0.2) is 146 Å². The SMILES string of the molecule is COc1ccc(N(c2ccc(-c3ccccc3)cc2)c2ccc3c(c2)C2c4ccccc4C4c5ccccc5C3C42C)cc1. The van der Waals surface area contributed by atoms with Crippen LogP contribution in [0.25, 0.3) is 11.1 Å². The molecular formula is C42H33NO. The van der Waals surface area contributed by atoms with Crippen molar-refractivity contribution in [2.45, 2.75) is 24.7 Å². The maximum absolute atomic E-state index is 5.52. The lowest BCUT2D eigenvalue weighted by Crippen LogP contribution is -2.23. The number of ether oxygens (including phenoxy) is 1. The average Bonchev–Trinajstić information content (AvgIpc) is 3.62. The molecule has 0 bridgehead atoms. The number of hydrogen-bond acceptors (Lipinski definition) is 2. The minimum atomic E-state index is 0.0939. The highest BCUT2D eigenvalue weighted by Crippen LogP contribution is 2.76. The molecule has 6 aromatic rings. The van der Waals surface area contributed by atoms with Gasteiger partial charge in [0.05, 0.1) is 7.11 Å². The summed E-state index contributed by atoms with van der Waals surface area (Å²) in [4.78, 5) is 2.39. The molecule has 3 aliphatic carbocycles. The number of methoxy groups -OCH3 is 1. The Balaban J connectivity index is 1.22. The topological polar surface area (TPSA) is 12.5 Å². The second-order valence-electron chi connectivity index (χ2n) is 12.7. The second-order valence-corrected chi connectivity index (χ2v) is 12.7. The van der Waals surface area contributed by atoms with E-state index in [1.807, 2.05) is 12.1 Å². The van der Waals surface area contributed by atoms with Gasteiger partial charge in [-0.3, -0.25) is 0 Å². The molecule has 0 heterocycles. The monoisotopic (exact) mass is 567 g/mol. The van der Waals surface area contributed by atoms with Crippen molar-refractivity contribution in [2.24, 2.45) is 5.41 Å². The highest BCUT2D eigenvalue weighted by atomic mass is 16.5. The number of benzene rings is 6. The van der Waals surface area contributed by atoms with E-state index < -0.39 is 0 Å². The summed E-state index contributed by atoms with van der Waals surface area (Å²) in [5, 5.41) is 0. The van der Waals surface area contributed by atoms with Crippen LogP contribution < -0.4 is 9.64 Å². The quantitative estimate of drug-likeness (QED) is 0.205. The first-order valence-electron chi connectivity index (χ1n) is 15.6. The van der Waals surface area contributed by atoms with Crippen molar-refractivity contribution >= 4 is 17.1 Å². The number of hydrogen-bond donors (Lipinski definition) is 0. The normalized spacial score (nSPS) is 21.7. The highest BCUT2D eigenvalue weighted by molar-refractivity contribution is 5.80. The fourth-order valence-corrected chi connectivity index (χ4v) is 8.91. The molecule has 6 aromatic carbocycles.